The average molecular weight is 984 g/mol. The van der Waals surface area contributed by atoms with Crippen molar-refractivity contribution in [2.75, 3.05) is 27.4 Å². The predicted octanol–water partition coefficient (Wildman–Crippen LogP) is 8.13. The molecule has 14 nitrogen and oxygen atoms in total. The third kappa shape index (κ3) is 16.6. The summed E-state index contributed by atoms with van der Waals surface area (Å²) in [5.74, 6) is -7.94. The minimum Gasteiger partial charge on any atom is -0.460 e. The van der Waals surface area contributed by atoms with Crippen molar-refractivity contribution < 1.29 is 63.0 Å². The van der Waals surface area contributed by atoms with Crippen LogP contribution in [0.15, 0.2) is 47.6 Å². The molecule has 3 heterocycles. The number of unbranched alkanes of at least 4 members (excludes halogenated alkanes) is 3. The van der Waals surface area contributed by atoms with E-state index in [0.29, 0.717) is 70.0 Å². The van der Waals surface area contributed by atoms with Crippen molar-refractivity contribution >= 4 is 29.2 Å². The number of rotatable bonds is 11. The van der Waals surface area contributed by atoms with Crippen LogP contribution in [0.1, 0.15) is 158 Å². The summed E-state index contributed by atoms with van der Waals surface area (Å²) in [6.45, 7) is 15.5. The Labute approximate surface area is 419 Å². The van der Waals surface area contributed by atoms with Gasteiger partial charge in [0.2, 0.25) is 5.79 Å². The van der Waals surface area contributed by atoms with Crippen LogP contribution in [0.5, 0.6) is 0 Å². The fourth-order valence-electron chi connectivity index (χ4n) is 10.8. The van der Waals surface area contributed by atoms with Crippen molar-refractivity contribution in [1.82, 2.24) is 4.90 Å². The Kier molecular flexibility index (Phi) is 24.3. The van der Waals surface area contributed by atoms with E-state index >= 15 is 0 Å². The molecule has 1 amide bonds. The zero-order valence-corrected chi connectivity index (χ0v) is 44.1. The Morgan fingerprint density at radius 1 is 0.857 bits per heavy atom. The number of hydrogen-bond donors (Lipinski definition) is 3. The van der Waals surface area contributed by atoms with Gasteiger partial charge >= 0.3 is 5.97 Å². The third-order valence-electron chi connectivity index (χ3n) is 15.5. The minimum absolute atomic E-state index is 0.0170. The Balaban J connectivity index is 1.71. The molecule has 2 bridgehead atoms. The monoisotopic (exact) mass is 984 g/mol. The number of esters is 1. The molecule has 0 radical (unpaired) electrons. The van der Waals surface area contributed by atoms with Gasteiger partial charge < -0.3 is 43.9 Å². The lowest BCUT2D eigenvalue weighted by Gasteiger charge is -2.43. The number of allylic oxidation sites excluding steroid dienone is 6. The van der Waals surface area contributed by atoms with E-state index in [4.69, 9.17) is 23.7 Å². The Bertz CT molecular complexity index is 1840. The topological polar surface area (TPSA) is 195 Å². The molecule has 1 saturated carbocycles. The molecule has 1 unspecified atom stereocenters. The summed E-state index contributed by atoms with van der Waals surface area (Å²) in [7, 11) is 2.96. The van der Waals surface area contributed by atoms with Crippen LogP contribution >= 0.6 is 0 Å². The number of amides is 1. The number of ketones is 3. The predicted molar refractivity (Wildman–Crippen MR) is 268 cm³/mol. The molecule has 14 heteroatoms. The van der Waals surface area contributed by atoms with Gasteiger partial charge in [0.15, 0.2) is 5.78 Å². The van der Waals surface area contributed by atoms with Crippen molar-refractivity contribution in [2.45, 2.75) is 213 Å². The van der Waals surface area contributed by atoms with Gasteiger partial charge in [0.25, 0.3) is 11.7 Å². The summed E-state index contributed by atoms with van der Waals surface area (Å²) in [4.78, 5) is 72.4. The van der Waals surface area contributed by atoms with Crippen LogP contribution in [-0.4, -0.2) is 131 Å². The maximum Gasteiger partial charge on any atom is 0.329 e. The van der Waals surface area contributed by atoms with Gasteiger partial charge in [0.05, 0.1) is 24.4 Å². The molecule has 3 N–H and O–H groups in total. The lowest BCUT2D eigenvalue weighted by atomic mass is 9.78. The number of aliphatic hydroxyl groups is 3. The van der Waals surface area contributed by atoms with Gasteiger partial charge in [0, 0.05) is 58.0 Å². The smallest absolute Gasteiger partial charge is 0.329 e. The largest absolute Gasteiger partial charge is 0.460 e. The van der Waals surface area contributed by atoms with E-state index in [1.165, 1.54) is 12.0 Å². The van der Waals surface area contributed by atoms with Crippen LogP contribution in [-0.2, 0) is 47.7 Å². The van der Waals surface area contributed by atoms with E-state index in [-0.39, 0.29) is 54.8 Å². The molecule has 3 aliphatic heterocycles. The molecular weight excluding hydrogens is 895 g/mol. The van der Waals surface area contributed by atoms with Crippen LogP contribution < -0.4 is 0 Å². The molecule has 2 saturated heterocycles. The quantitative estimate of drug-likeness (QED) is 0.0778. The van der Waals surface area contributed by atoms with Gasteiger partial charge in [0.1, 0.15) is 30.1 Å². The summed E-state index contributed by atoms with van der Waals surface area (Å²) in [6.07, 6.45) is 15.5. The maximum absolute atomic E-state index is 14.5. The number of nitrogens with zero attached hydrogens (tertiary/aromatic N) is 1. The molecule has 15 atom stereocenters. The van der Waals surface area contributed by atoms with Crippen LogP contribution in [0.25, 0.3) is 0 Å². The molecule has 396 valence electrons. The second-order valence-electron chi connectivity index (χ2n) is 21.3. The van der Waals surface area contributed by atoms with Crippen LogP contribution in [0.2, 0.25) is 0 Å². The minimum atomic E-state index is -2.43. The number of methoxy groups -OCH3 is 2. The first-order valence-corrected chi connectivity index (χ1v) is 26.5. The molecule has 0 spiro atoms. The van der Waals surface area contributed by atoms with Crippen LogP contribution in [0.3, 0.4) is 0 Å². The molecule has 70 heavy (non-hydrogen) atoms. The molecule has 1 aliphatic carbocycles. The second-order valence-corrected chi connectivity index (χ2v) is 21.3. The second kappa shape index (κ2) is 28.8. The van der Waals surface area contributed by atoms with Crippen molar-refractivity contribution in [3.63, 3.8) is 0 Å². The number of aliphatic hydroxyl groups excluding tert-OH is 2. The summed E-state index contributed by atoms with van der Waals surface area (Å²) in [6, 6.07) is -1.14. The summed E-state index contributed by atoms with van der Waals surface area (Å²) >= 11 is 0. The van der Waals surface area contributed by atoms with Crippen molar-refractivity contribution in [1.29, 1.82) is 0 Å². The number of hydrogen-bond acceptors (Lipinski definition) is 13. The highest BCUT2D eigenvalue weighted by Crippen LogP contribution is 2.38. The Morgan fingerprint density at radius 2 is 1.60 bits per heavy atom. The molecule has 4 aliphatic rings. The molecule has 4 rings (SSSR count). The fraction of sp³-hybridized carbons (Fsp3) is 0.768. The Hall–Kier alpha value is -3.37. The zero-order valence-electron chi connectivity index (χ0n) is 44.1. The molecular formula is C56H89NO13. The number of cyclic esters (lactones) is 1. The highest BCUT2D eigenvalue weighted by Gasteiger charge is 2.53. The lowest BCUT2D eigenvalue weighted by Crippen LogP contribution is -2.61. The number of carbonyl (C=O) groups excluding carboxylic acids is 5. The number of carbonyl (C=O) groups is 5. The van der Waals surface area contributed by atoms with Gasteiger partial charge in [-0.1, -0.05) is 97.3 Å². The van der Waals surface area contributed by atoms with Crippen molar-refractivity contribution in [2.24, 2.45) is 35.5 Å². The Morgan fingerprint density at radius 3 is 2.30 bits per heavy atom. The van der Waals surface area contributed by atoms with E-state index in [0.717, 1.165) is 37.7 Å². The molecule has 0 aromatic heterocycles. The van der Waals surface area contributed by atoms with Gasteiger partial charge in [-0.2, -0.15) is 0 Å². The average Bonchev–Trinajstić information content (AvgIpc) is 3.33. The summed E-state index contributed by atoms with van der Waals surface area (Å²) in [5.41, 5.74) is 1.31. The molecule has 0 aromatic rings. The first-order chi connectivity index (χ1) is 33.2. The molecule has 0 aromatic carbocycles. The maximum atomic E-state index is 14.5. The van der Waals surface area contributed by atoms with Gasteiger partial charge in [-0.15, -0.1) is 0 Å². The van der Waals surface area contributed by atoms with Crippen LogP contribution in [0, 0.1) is 35.5 Å². The number of ether oxygens (including phenoxy) is 5. The van der Waals surface area contributed by atoms with Crippen molar-refractivity contribution in [3.8, 4) is 0 Å². The lowest BCUT2D eigenvalue weighted by molar-refractivity contribution is -0.266. The number of Topliss-reactive ketones (excluding diaryl/α,β-unsaturated/α-hetero) is 3. The number of fused-ring (bicyclic) bond motifs is 3. The summed E-state index contributed by atoms with van der Waals surface area (Å²) < 4.78 is 30.2. The summed E-state index contributed by atoms with van der Waals surface area (Å²) in [5, 5.41) is 34.1. The highest BCUT2D eigenvalue weighted by molar-refractivity contribution is 6.39. The van der Waals surface area contributed by atoms with E-state index in [1.807, 2.05) is 58.1 Å². The first kappa shape index (κ1) is 59.2. The van der Waals surface area contributed by atoms with E-state index in [2.05, 4.69) is 6.92 Å². The third-order valence-corrected chi connectivity index (χ3v) is 15.5. The first-order valence-electron chi connectivity index (χ1n) is 26.5. The van der Waals surface area contributed by atoms with Gasteiger partial charge in [-0.25, -0.2) is 4.79 Å². The van der Waals surface area contributed by atoms with E-state index in [1.54, 1.807) is 34.0 Å². The van der Waals surface area contributed by atoms with Crippen LogP contribution in [0.4, 0.5) is 0 Å². The standard InChI is InChI=1S/C56H89NO13/c1-11-12-13-19-28-68-47-33-43-25-23-41(8)56(65,70-43)53(62)54(63)57-27-18-17-22-44(57)55(64)69-48(38(5)31-42-24-26-45(58)49(32-42)66-9)34-46(59)37(4)30-40(7)51(61)52(67-10)50(60)39(6)29-35(2)20-15-14-16-21-36(47)3/h14-16,20-21,30,35,37-39,41-45,47-49,51-52,58,61,65H,11-13,17-19,22-29,31-34H2,1-10H3/b16-14?,20-15+,36-21?,40-30+/t35-,37-,38-,39-,41-,42+,43+,44+,45-,47?,48+,49-,51-,52+,56-/m1/s1. The highest BCUT2D eigenvalue weighted by atomic mass is 16.6. The molecule has 3 fully saturated rings. The van der Waals surface area contributed by atoms with Crippen molar-refractivity contribution in [3.05, 3.63) is 47.6 Å². The van der Waals surface area contributed by atoms with E-state index < -0.39 is 83.9 Å². The number of piperidine rings is 1. The SMILES string of the molecule is CCCCCCOC1C[C@@H]2CC[C@@H](C)[C@@](O)(O2)C(=O)C(=O)N2CCCC[C@H]2C(=O)O[C@H]([C@H](C)C[C@@H]2CC[C@@H](O)[C@H](OC)C2)CC(=O)[C@H](C)/C=C(\C)[C@@H](O)[C@@H](OC)C(=O)[C@H](C)C[C@H](C)/C=C/C=CC=C1C. The fourth-order valence-corrected chi connectivity index (χ4v) is 10.8. The zero-order chi connectivity index (χ0) is 51.7. The van der Waals surface area contributed by atoms with Gasteiger partial charge in [-0.3, -0.25) is 19.2 Å². The van der Waals surface area contributed by atoms with E-state index in [9.17, 15) is 39.3 Å². The van der Waals surface area contributed by atoms with Gasteiger partial charge in [-0.05, 0) is 113 Å². The normalized spacial score (nSPS) is 37.2.